The van der Waals surface area contributed by atoms with Gasteiger partial charge in [0.15, 0.2) is 0 Å². The van der Waals surface area contributed by atoms with Gasteiger partial charge in [-0.1, -0.05) is 39.5 Å². The van der Waals surface area contributed by atoms with Gasteiger partial charge >= 0.3 is 18.0 Å². The predicted octanol–water partition coefficient (Wildman–Crippen LogP) is 1.61. The molecule has 0 saturated heterocycles. The van der Waals surface area contributed by atoms with Crippen LogP contribution in [0.25, 0.3) is 0 Å². The first kappa shape index (κ1) is 32.1. The van der Waals surface area contributed by atoms with Crippen LogP contribution < -0.4 is 21.7 Å². The second kappa shape index (κ2) is 16.8. The van der Waals surface area contributed by atoms with Gasteiger partial charge in [-0.2, -0.15) is 0 Å². The molecule has 1 aliphatic carbocycles. The molecule has 0 aromatic carbocycles. The summed E-state index contributed by atoms with van der Waals surface area (Å²) in [5, 5.41) is 26.6. The Balaban J connectivity index is 2.56. The summed E-state index contributed by atoms with van der Waals surface area (Å²) in [6.07, 6.45) is 2.75. The van der Waals surface area contributed by atoms with E-state index in [1.54, 1.807) is 0 Å². The third-order valence-electron chi connectivity index (χ3n) is 6.96. The van der Waals surface area contributed by atoms with E-state index in [2.05, 4.69) is 16.0 Å². The number of nitrogens with one attached hydrogen (secondary N) is 3. The molecule has 0 aromatic rings. The molecule has 0 heterocycles. The Morgan fingerprint density at radius 3 is 2.05 bits per heavy atom. The van der Waals surface area contributed by atoms with E-state index >= 15 is 0 Å². The molecule has 0 aromatic heterocycles. The number of carbonyl (C=O) groups excluding carboxylic acids is 3. The smallest absolute Gasteiger partial charge is 0.407 e. The zero-order valence-corrected chi connectivity index (χ0v) is 22.2. The van der Waals surface area contributed by atoms with Gasteiger partial charge < -0.3 is 36.6 Å². The van der Waals surface area contributed by atoms with E-state index in [0.29, 0.717) is 19.5 Å². The fraction of sp³-hybridized carbons (Fsp3) is 0.800. The van der Waals surface area contributed by atoms with Crippen molar-refractivity contribution in [3.05, 3.63) is 0 Å². The highest BCUT2D eigenvalue weighted by Gasteiger charge is 2.52. The maximum atomic E-state index is 12.5. The molecule has 1 rings (SSSR count). The molecule has 0 radical (unpaired) electrons. The van der Waals surface area contributed by atoms with E-state index in [0.717, 1.165) is 32.1 Å². The number of hydrogen-bond donors (Lipinski definition) is 6. The van der Waals surface area contributed by atoms with Gasteiger partial charge in [-0.05, 0) is 25.2 Å². The third-order valence-corrected chi connectivity index (χ3v) is 6.96. The summed E-state index contributed by atoms with van der Waals surface area (Å²) in [6.45, 7) is 6.19. The Morgan fingerprint density at radius 2 is 1.54 bits per heavy atom. The zero-order valence-electron chi connectivity index (χ0n) is 22.2. The lowest BCUT2D eigenvalue weighted by molar-refractivity contribution is -0.145. The first-order valence-electron chi connectivity index (χ1n) is 13.2. The van der Waals surface area contributed by atoms with E-state index < -0.39 is 48.1 Å². The van der Waals surface area contributed by atoms with Gasteiger partial charge in [0, 0.05) is 44.4 Å². The molecule has 0 bridgehead atoms. The second-order valence-electron chi connectivity index (χ2n) is 9.68. The SMILES string of the molecule is CCC(CC)C(NC(C)=O)C1C(N)CC(C(=O)O)C1OC(=O)NCCCCCCNC(=O)CCC(=O)O. The Labute approximate surface area is 218 Å². The lowest BCUT2D eigenvalue weighted by Gasteiger charge is -2.36. The molecule has 5 atom stereocenters. The van der Waals surface area contributed by atoms with Crippen molar-refractivity contribution in [1.29, 1.82) is 0 Å². The van der Waals surface area contributed by atoms with Crippen molar-refractivity contribution in [1.82, 2.24) is 16.0 Å². The normalized spacial score (nSPS) is 21.8. The first-order valence-corrected chi connectivity index (χ1v) is 13.2. The van der Waals surface area contributed by atoms with Gasteiger partial charge in [-0.25, -0.2) is 4.79 Å². The number of unbranched alkanes of at least 4 members (excludes halogenated alkanes) is 3. The van der Waals surface area contributed by atoms with Gasteiger partial charge in [0.25, 0.3) is 0 Å². The number of ether oxygens (including phenoxy) is 1. The Morgan fingerprint density at radius 1 is 0.946 bits per heavy atom. The highest BCUT2D eigenvalue weighted by Crippen LogP contribution is 2.39. The van der Waals surface area contributed by atoms with Crippen LogP contribution in [0.4, 0.5) is 4.79 Å². The van der Waals surface area contributed by atoms with Gasteiger partial charge in [-0.15, -0.1) is 0 Å². The summed E-state index contributed by atoms with van der Waals surface area (Å²) >= 11 is 0. The molecule has 1 saturated carbocycles. The van der Waals surface area contributed by atoms with Crippen LogP contribution in [-0.2, 0) is 23.9 Å². The fourth-order valence-electron chi connectivity index (χ4n) is 5.02. The molecule has 12 nitrogen and oxygen atoms in total. The number of hydrogen-bond acceptors (Lipinski definition) is 7. The lowest BCUT2D eigenvalue weighted by Crippen LogP contribution is -2.53. The molecule has 5 unspecified atom stereocenters. The minimum absolute atomic E-state index is 0.0417. The summed E-state index contributed by atoms with van der Waals surface area (Å²) in [6, 6.07) is -0.949. The number of amides is 3. The minimum Gasteiger partial charge on any atom is -0.481 e. The van der Waals surface area contributed by atoms with Crippen molar-refractivity contribution in [2.45, 2.75) is 96.7 Å². The van der Waals surface area contributed by atoms with Crippen LogP contribution in [0.1, 0.15) is 78.6 Å². The molecule has 212 valence electrons. The molecule has 0 spiro atoms. The van der Waals surface area contributed by atoms with E-state index in [4.69, 9.17) is 15.6 Å². The topological polar surface area (TPSA) is 197 Å². The highest BCUT2D eigenvalue weighted by molar-refractivity contribution is 5.80. The maximum Gasteiger partial charge on any atom is 0.407 e. The molecule has 1 fully saturated rings. The largest absolute Gasteiger partial charge is 0.481 e. The van der Waals surface area contributed by atoms with Crippen LogP contribution >= 0.6 is 0 Å². The van der Waals surface area contributed by atoms with Crippen molar-refractivity contribution in [3.8, 4) is 0 Å². The Kier molecular flexibility index (Phi) is 14.6. The maximum absolute atomic E-state index is 12.5. The van der Waals surface area contributed by atoms with Crippen LogP contribution in [0.5, 0.6) is 0 Å². The van der Waals surface area contributed by atoms with Crippen LogP contribution in [0, 0.1) is 17.8 Å². The number of nitrogens with two attached hydrogens (primary N) is 1. The molecular formula is C25H44N4O8. The molecule has 0 aliphatic heterocycles. The quantitative estimate of drug-likeness (QED) is 0.152. The Hall–Kier alpha value is -2.89. The van der Waals surface area contributed by atoms with E-state index in [9.17, 15) is 29.1 Å². The summed E-state index contributed by atoms with van der Waals surface area (Å²) in [5.41, 5.74) is 6.35. The summed E-state index contributed by atoms with van der Waals surface area (Å²) in [5.74, 6) is -4.05. The van der Waals surface area contributed by atoms with Crippen molar-refractivity contribution in [2.24, 2.45) is 23.5 Å². The summed E-state index contributed by atoms with van der Waals surface area (Å²) < 4.78 is 5.63. The molecule has 12 heteroatoms. The van der Waals surface area contributed by atoms with Gasteiger partial charge in [0.1, 0.15) is 6.10 Å². The monoisotopic (exact) mass is 528 g/mol. The number of rotatable bonds is 17. The molecule has 37 heavy (non-hydrogen) atoms. The highest BCUT2D eigenvalue weighted by atomic mass is 16.6. The number of carbonyl (C=O) groups is 5. The molecular weight excluding hydrogens is 484 g/mol. The average Bonchev–Trinajstić information content (AvgIpc) is 3.14. The zero-order chi connectivity index (χ0) is 28.0. The Bertz CT molecular complexity index is 774. The summed E-state index contributed by atoms with van der Waals surface area (Å²) in [4.78, 5) is 58.3. The summed E-state index contributed by atoms with van der Waals surface area (Å²) in [7, 11) is 0. The predicted molar refractivity (Wildman–Crippen MR) is 136 cm³/mol. The van der Waals surface area contributed by atoms with Gasteiger partial charge in [-0.3, -0.25) is 19.2 Å². The molecule has 7 N–H and O–H groups in total. The van der Waals surface area contributed by atoms with Crippen molar-refractivity contribution >= 4 is 29.8 Å². The molecule has 1 aliphatic rings. The van der Waals surface area contributed by atoms with E-state index in [1.165, 1.54) is 6.92 Å². The van der Waals surface area contributed by atoms with Crippen LogP contribution in [0.2, 0.25) is 0 Å². The number of carboxylic acid groups (broad SMARTS) is 2. The van der Waals surface area contributed by atoms with Crippen molar-refractivity contribution in [2.75, 3.05) is 13.1 Å². The standard InChI is InChI=1S/C25H44N4O8/c1-4-16(5-2)22(29-15(3)30)21-18(26)14-17(24(34)35)23(21)37-25(36)28-13-9-7-6-8-12-27-19(31)10-11-20(32)33/h16-18,21-23H,4-14,26H2,1-3H3,(H,27,31)(H,28,36)(H,29,30)(H,32,33)(H,34,35). The minimum atomic E-state index is -1.09. The van der Waals surface area contributed by atoms with E-state index in [1.807, 2.05) is 13.8 Å². The van der Waals surface area contributed by atoms with Crippen molar-refractivity contribution in [3.63, 3.8) is 0 Å². The third kappa shape index (κ3) is 11.4. The molecule has 3 amide bonds. The number of carboxylic acids is 2. The van der Waals surface area contributed by atoms with Gasteiger partial charge in [0.05, 0.1) is 12.3 Å². The van der Waals surface area contributed by atoms with Crippen LogP contribution in [0.3, 0.4) is 0 Å². The second-order valence-corrected chi connectivity index (χ2v) is 9.68. The van der Waals surface area contributed by atoms with E-state index in [-0.39, 0.29) is 37.0 Å². The first-order chi connectivity index (χ1) is 17.5. The van der Waals surface area contributed by atoms with Crippen LogP contribution in [0.15, 0.2) is 0 Å². The van der Waals surface area contributed by atoms with Crippen molar-refractivity contribution < 1.29 is 38.9 Å². The number of aliphatic carboxylic acids is 2. The van der Waals surface area contributed by atoms with Crippen LogP contribution in [-0.4, -0.2) is 71.3 Å². The average molecular weight is 529 g/mol. The fourth-order valence-corrected chi connectivity index (χ4v) is 5.02. The number of alkyl carbamates (subject to hydrolysis) is 1. The lowest BCUT2D eigenvalue weighted by atomic mass is 9.80. The van der Waals surface area contributed by atoms with Gasteiger partial charge in [0.2, 0.25) is 11.8 Å².